The summed E-state index contributed by atoms with van der Waals surface area (Å²) in [7, 11) is 3.98. The van der Waals surface area contributed by atoms with Gasteiger partial charge >= 0.3 is 5.76 Å². The number of benzene rings is 3. The van der Waals surface area contributed by atoms with Gasteiger partial charge in [-0.25, -0.2) is 0 Å². The van der Waals surface area contributed by atoms with Crippen LogP contribution in [0.4, 0.5) is 5.69 Å². The number of rotatable bonds is 4. The topological polar surface area (TPSA) is 37.3 Å². The minimum atomic E-state index is -0.394. The first kappa shape index (κ1) is 19.9. The highest BCUT2D eigenvalue weighted by molar-refractivity contribution is 5.81. The van der Waals surface area contributed by atoms with E-state index in [0.717, 1.165) is 27.9 Å². The highest BCUT2D eigenvalue weighted by atomic mass is 16.4. The van der Waals surface area contributed by atoms with E-state index in [1.165, 1.54) is 5.56 Å². The van der Waals surface area contributed by atoms with Gasteiger partial charge in [-0.3, -0.25) is 0 Å². The molecule has 4 nitrogen and oxygen atoms in total. The van der Waals surface area contributed by atoms with E-state index in [2.05, 4.69) is 45.0 Å². The van der Waals surface area contributed by atoms with Gasteiger partial charge in [0.1, 0.15) is 0 Å². The molecule has 0 aliphatic heterocycles. The summed E-state index contributed by atoms with van der Waals surface area (Å²) in [5, 5.41) is 0.908. The molecule has 0 aliphatic rings. The summed E-state index contributed by atoms with van der Waals surface area (Å²) in [6.45, 7) is 6.40. The largest absolute Gasteiger partial charge is 0.608 e. The Kier molecular flexibility index (Phi) is 4.94. The van der Waals surface area contributed by atoms with Gasteiger partial charge in [-0.15, -0.1) is 0 Å². The van der Waals surface area contributed by atoms with Crippen LogP contribution in [0.15, 0.2) is 82.1 Å². The molecule has 0 aliphatic carbocycles. The average Bonchev–Trinajstić information content (AvgIpc) is 2.74. The van der Waals surface area contributed by atoms with Crippen molar-refractivity contribution in [3.05, 3.63) is 100 Å². The van der Waals surface area contributed by atoms with E-state index >= 15 is 0 Å². The molecular weight excluding hydrogens is 372 g/mol. The third-order valence-corrected chi connectivity index (χ3v) is 5.73. The maximum Gasteiger partial charge on any atom is 0.608 e. The van der Waals surface area contributed by atoms with Crippen LogP contribution in [0.5, 0.6) is 0 Å². The first-order valence-corrected chi connectivity index (χ1v) is 10.1. The molecule has 30 heavy (non-hydrogen) atoms. The summed E-state index contributed by atoms with van der Waals surface area (Å²) < 4.78 is 7.49. The van der Waals surface area contributed by atoms with Gasteiger partial charge in [-0.2, -0.15) is 4.79 Å². The van der Waals surface area contributed by atoms with Crippen LogP contribution in [0.25, 0.3) is 16.7 Å². The number of anilines is 1. The molecule has 4 rings (SSSR count). The molecule has 4 heteroatoms. The van der Waals surface area contributed by atoms with Crippen LogP contribution in [0.1, 0.15) is 30.5 Å². The second-order valence-electron chi connectivity index (χ2n) is 8.50. The molecular formula is C26H27N2O2+. The highest BCUT2D eigenvalue weighted by Gasteiger charge is 2.28. The zero-order valence-electron chi connectivity index (χ0n) is 18.1. The van der Waals surface area contributed by atoms with Crippen LogP contribution in [0.3, 0.4) is 0 Å². The molecule has 0 radical (unpaired) electrons. The lowest BCUT2D eigenvalue weighted by molar-refractivity contribution is -0.623. The van der Waals surface area contributed by atoms with Gasteiger partial charge in [0.15, 0.2) is 11.8 Å². The smallest absolute Gasteiger partial charge is 0.378 e. The average molecular weight is 400 g/mol. The van der Waals surface area contributed by atoms with Crippen LogP contribution < -0.4 is 15.2 Å². The number of hydrogen-bond acceptors (Lipinski definition) is 3. The fraction of sp³-hybridized carbons (Fsp3) is 0.231. The van der Waals surface area contributed by atoms with Crippen LogP contribution >= 0.6 is 0 Å². The quantitative estimate of drug-likeness (QED) is 0.464. The van der Waals surface area contributed by atoms with Gasteiger partial charge in [0, 0.05) is 42.9 Å². The maximum atomic E-state index is 12.9. The molecule has 1 heterocycles. The molecule has 0 spiro atoms. The first-order valence-electron chi connectivity index (χ1n) is 10.1. The number of fused-ring (bicyclic) bond motifs is 1. The highest BCUT2D eigenvalue weighted by Crippen LogP contribution is 2.36. The molecule has 0 bridgehead atoms. The number of aryl methyl sites for hydroxylation is 1. The van der Waals surface area contributed by atoms with Crippen LogP contribution in [-0.2, 0) is 5.41 Å². The number of nitrogens with zero attached hydrogens (tertiary/aromatic N) is 2. The minimum Gasteiger partial charge on any atom is -0.378 e. The van der Waals surface area contributed by atoms with Crippen molar-refractivity contribution in [2.75, 3.05) is 19.0 Å². The van der Waals surface area contributed by atoms with Gasteiger partial charge in [0.05, 0.1) is 5.39 Å². The predicted molar refractivity (Wildman–Crippen MR) is 122 cm³/mol. The Morgan fingerprint density at radius 2 is 1.60 bits per heavy atom. The molecule has 0 N–H and O–H groups in total. The van der Waals surface area contributed by atoms with E-state index in [1.807, 2.05) is 67.7 Å². The van der Waals surface area contributed by atoms with Crippen molar-refractivity contribution in [2.45, 2.75) is 26.2 Å². The molecule has 0 saturated carbocycles. The van der Waals surface area contributed by atoms with Crippen molar-refractivity contribution in [1.29, 1.82) is 0 Å². The third-order valence-electron chi connectivity index (χ3n) is 5.73. The van der Waals surface area contributed by atoms with Crippen LogP contribution in [0.2, 0.25) is 0 Å². The molecule has 0 unspecified atom stereocenters. The standard InChI is InChI=1S/C26H27N2O2/c1-18-15-19-17-28(22-13-11-21(12-14-22)27(4)5)25(29)30-24(19)23(16-18)26(2,3)20-9-7-6-8-10-20/h6-17H,1-5H3/q+1. The fourth-order valence-electron chi connectivity index (χ4n) is 3.91. The molecule has 1 aromatic heterocycles. The van der Waals surface area contributed by atoms with Crippen molar-refractivity contribution in [3.8, 4) is 5.69 Å². The van der Waals surface area contributed by atoms with Crippen molar-refractivity contribution in [3.63, 3.8) is 0 Å². The summed E-state index contributed by atoms with van der Waals surface area (Å²) in [5.74, 6) is -0.394. The summed E-state index contributed by atoms with van der Waals surface area (Å²) in [4.78, 5) is 15.0. The summed E-state index contributed by atoms with van der Waals surface area (Å²) in [6.07, 6.45) is 1.88. The molecule has 4 aromatic rings. The van der Waals surface area contributed by atoms with Gasteiger partial charge in [0.2, 0.25) is 5.69 Å². The zero-order chi connectivity index (χ0) is 21.5. The Morgan fingerprint density at radius 3 is 2.23 bits per heavy atom. The SMILES string of the molecule is Cc1cc(C(C)(C)c2ccccc2)c2oc(=O)[n+](-c3ccc(N(C)C)cc3)cc2c1. The van der Waals surface area contributed by atoms with E-state index < -0.39 is 5.76 Å². The van der Waals surface area contributed by atoms with E-state index in [9.17, 15) is 4.79 Å². The van der Waals surface area contributed by atoms with Crippen LogP contribution in [-0.4, -0.2) is 14.1 Å². The van der Waals surface area contributed by atoms with Crippen molar-refractivity contribution < 1.29 is 8.98 Å². The summed E-state index contributed by atoms with van der Waals surface area (Å²) >= 11 is 0. The lowest BCUT2D eigenvalue weighted by Crippen LogP contribution is -2.46. The Balaban J connectivity index is 1.90. The van der Waals surface area contributed by atoms with Crippen LogP contribution in [0, 0.1) is 6.92 Å². The van der Waals surface area contributed by atoms with Crippen molar-refractivity contribution >= 4 is 16.7 Å². The molecule has 3 aromatic carbocycles. The maximum absolute atomic E-state index is 12.9. The molecule has 0 atom stereocenters. The molecule has 0 fully saturated rings. The Labute approximate surface area is 177 Å². The Bertz CT molecular complexity index is 1250. The summed E-state index contributed by atoms with van der Waals surface area (Å²) in [6, 6.07) is 22.3. The van der Waals surface area contributed by atoms with Gasteiger partial charge < -0.3 is 9.32 Å². The predicted octanol–water partition coefficient (Wildman–Crippen LogP) is 4.77. The third kappa shape index (κ3) is 3.50. The Morgan fingerprint density at radius 1 is 0.933 bits per heavy atom. The molecule has 0 saturated heterocycles. The first-order chi connectivity index (χ1) is 14.3. The lowest BCUT2D eigenvalue weighted by atomic mass is 9.77. The van der Waals surface area contributed by atoms with E-state index in [4.69, 9.17) is 4.42 Å². The van der Waals surface area contributed by atoms with E-state index in [-0.39, 0.29) is 5.41 Å². The molecule has 152 valence electrons. The Hall–Kier alpha value is -3.40. The van der Waals surface area contributed by atoms with Gasteiger partial charge in [-0.1, -0.05) is 54.8 Å². The van der Waals surface area contributed by atoms with Gasteiger partial charge in [0.25, 0.3) is 0 Å². The monoisotopic (exact) mass is 399 g/mol. The summed E-state index contributed by atoms with van der Waals surface area (Å²) in [5.41, 5.74) is 5.51. The second kappa shape index (κ2) is 7.45. The van der Waals surface area contributed by atoms with Gasteiger partial charge in [-0.05, 0) is 36.2 Å². The second-order valence-corrected chi connectivity index (χ2v) is 8.50. The number of aromatic nitrogens is 1. The number of hydrogen-bond donors (Lipinski definition) is 0. The van der Waals surface area contributed by atoms with Crippen molar-refractivity contribution in [1.82, 2.24) is 0 Å². The zero-order valence-corrected chi connectivity index (χ0v) is 18.1. The van der Waals surface area contributed by atoms with E-state index in [0.29, 0.717) is 5.58 Å². The minimum absolute atomic E-state index is 0.305. The fourth-order valence-corrected chi connectivity index (χ4v) is 3.91. The lowest BCUT2D eigenvalue weighted by Gasteiger charge is -2.26. The molecule has 0 amide bonds. The van der Waals surface area contributed by atoms with Crippen molar-refractivity contribution in [2.24, 2.45) is 0 Å². The normalized spacial score (nSPS) is 11.6. The van der Waals surface area contributed by atoms with E-state index in [1.54, 1.807) is 4.57 Å².